The van der Waals surface area contributed by atoms with E-state index in [1.807, 2.05) is 57.2 Å². The van der Waals surface area contributed by atoms with Gasteiger partial charge in [0, 0.05) is 16.8 Å². The zero-order valence-electron chi connectivity index (χ0n) is 15.3. The van der Waals surface area contributed by atoms with Crippen LogP contribution in [0.3, 0.4) is 0 Å². The first kappa shape index (κ1) is 18.6. The maximum Gasteiger partial charge on any atom is 0.325 e. The summed E-state index contributed by atoms with van der Waals surface area (Å²) in [6.07, 6.45) is 0. The van der Waals surface area contributed by atoms with E-state index in [1.54, 1.807) is 11.4 Å². The lowest BCUT2D eigenvalue weighted by Gasteiger charge is -2.06. The Morgan fingerprint density at radius 3 is 2.26 bits per heavy atom. The molecule has 0 fully saturated rings. The van der Waals surface area contributed by atoms with Gasteiger partial charge in [-0.25, -0.2) is 9.78 Å². The van der Waals surface area contributed by atoms with Crippen LogP contribution in [0.4, 0.5) is 21.3 Å². The number of carbonyl (C=O) groups is 2. The number of amides is 3. The molecule has 0 aliphatic heterocycles. The summed E-state index contributed by atoms with van der Waals surface area (Å²) in [5.74, 6) is -0.316. The van der Waals surface area contributed by atoms with E-state index < -0.39 is 6.03 Å². The summed E-state index contributed by atoms with van der Waals surface area (Å²) in [5, 5.41) is 10.2. The summed E-state index contributed by atoms with van der Waals surface area (Å²) in [6, 6.07) is 12.9. The number of hydrogen-bond acceptors (Lipinski definition) is 4. The molecule has 3 N–H and O–H groups in total. The van der Waals surface area contributed by atoms with E-state index in [0.717, 1.165) is 22.4 Å². The van der Waals surface area contributed by atoms with Crippen LogP contribution in [-0.4, -0.2) is 16.9 Å². The van der Waals surface area contributed by atoms with Gasteiger partial charge in [0.1, 0.15) is 5.69 Å². The molecular weight excluding hydrogens is 360 g/mol. The first-order chi connectivity index (χ1) is 12.9. The normalized spacial score (nSPS) is 10.3. The molecule has 1 aromatic heterocycles. The lowest BCUT2D eigenvalue weighted by atomic mass is 10.1. The molecule has 0 atom stereocenters. The molecule has 0 saturated carbocycles. The minimum absolute atomic E-state index is 0.255. The molecule has 1 heterocycles. The Hall–Kier alpha value is -3.19. The second-order valence-electron chi connectivity index (χ2n) is 6.32. The zero-order chi connectivity index (χ0) is 19.4. The van der Waals surface area contributed by atoms with Crippen LogP contribution in [-0.2, 0) is 0 Å². The van der Waals surface area contributed by atoms with Crippen LogP contribution < -0.4 is 16.0 Å². The Morgan fingerprint density at radius 1 is 0.852 bits per heavy atom. The van der Waals surface area contributed by atoms with Crippen LogP contribution in [0.1, 0.15) is 27.2 Å². The van der Waals surface area contributed by atoms with Gasteiger partial charge in [-0.2, -0.15) is 0 Å². The average Bonchev–Trinajstić information content (AvgIpc) is 3.02. The second kappa shape index (κ2) is 8.01. The molecular formula is C20H20N4O2S. The topological polar surface area (TPSA) is 83.1 Å². The summed E-state index contributed by atoms with van der Waals surface area (Å²) in [4.78, 5) is 28.6. The third-order valence-electron chi connectivity index (χ3n) is 3.71. The monoisotopic (exact) mass is 380 g/mol. The fourth-order valence-electron chi connectivity index (χ4n) is 2.66. The van der Waals surface area contributed by atoms with E-state index in [0.29, 0.717) is 10.8 Å². The van der Waals surface area contributed by atoms with Gasteiger partial charge in [0.05, 0.1) is 0 Å². The van der Waals surface area contributed by atoms with Crippen LogP contribution >= 0.6 is 11.3 Å². The SMILES string of the molecule is Cc1cccc(NC(=O)Nc2nc(C(=O)Nc3cc(C)cc(C)c3)cs2)c1. The molecule has 3 rings (SSSR count). The van der Waals surface area contributed by atoms with Gasteiger partial charge in [-0.05, 0) is 61.7 Å². The molecule has 3 amide bonds. The number of urea groups is 1. The molecule has 0 radical (unpaired) electrons. The Bertz CT molecular complexity index is 977. The summed E-state index contributed by atoms with van der Waals surface area (Å²) in [7, 11) is 0. The predicted molar refractivity (Wildman–Crippen MR) is 110 cm³/mol. The van der Waals surface area contributed by atoms with Gasteiger partial charge in [0.25, 0.3) is 5.91 Å². The summed E-state index contributed by atoms with van der Waals surface area (Å²) < 4.78 is 0. The Kier molecular flexibility index (Phi) is 5.52. The molecule has 0 aliphatic rings. The van der Waals surface area contributed by atoms with Crippen molar-refractivity contribution < 1.29 is 9.59 Å². The van der Waals surface area contributed by atoms with Gasteiger partial charge in [-0.15, -0.1) is 11.3 Å². The van der Waals surface area contributed by atoms with Crippen molar-refractivity contribution in [1.82, 2.24) is 4.98 Å². The molecule has 0 spiro atoms. The number of carbonyl (C=O) groups excluding carboxylic acids is 2. The largest absolute Gasteiger partial charge is 0.325 e. The third kappa shape index (κ3) is 5.15. The van der Waals surface area contributed by atoms with Crippen molar-refractivity contribution in [2.45, 2.75) is 20.8 Å². The van der Waals surface area contributed by atoms with Crippen molar-refractivity contribution in [3.8, 4) is 0 Å². The van der Waals surface area contributed by atoms with Crippen molar-refractivity contribution in [2.75, 3.05) is 16.0 Å². The van der Waals surface area contributed by atoms with Crippen LogP contribution in [0.25, 0.3) is 0 Å². The van der Waals surface area contributed by atoms with Crippen LogP contribution in [0, 0.1) is 20.8 Å². The number of nitrogens with one attached hydrogen (secondary N) is 3. The highest BCUT2D eigenvalue weighted by Gasteiger charge is 2.13. The van der Waals surface area contributed by atoms with Gasteiger partial charge in [0.15, 0.2) is 5.13 Å². The van der Waals surface area contributed by atoms with Crippen LogP contribution in [0.2, 0.25) is 0 Å². The fourth-order valence-corrected chi connectivity index (χ4v) is 3.35. The highest BCUT2D eigenvalue weighted by Crippen LogP contribution is 2.19. The third-order valence-corrected chi connectivity index (χ3v) is 4.47. The van der Waals surface area contributed by atoms with Crippen molar-refractivity contribution in [1.29, 1.82) is 0 Å². The number of thiazole rings is 1. The van der Waals surface area contributed by atoms with Crippen molar-refractivity contribution in [2.24, 2.45) is 0 Å². The summed E-state index contributed by atoms with van der Waals surface area (Å²) in [5.41, 5.74) is 4.85. The number of nitrogens with zero attached hydrogens (tertiary/aromatic N) is 1. The molecule has 3 aromatic rings. The average molecular weight is 380 g/mol. The molecule has 138 valence electrons. The van der Waals surface area contributed by atoms with Crippen molar-refractivity contribution in [3.05, 3.63) is 70.2 Å². The van der Waals surface area contributed by atoms with Gasteiger partial charge >= 0.3 is 6.03 Å². The molecule has 7 heteroatoms. The lowest BCUT2D eigenvalue weighted by Crippen LogP contribution is -2.19. The van der Waals surface area contributed by atoms with E-state index in [9.17, 15) is 9.59 Å². The number of benzene rings is 2. The highest BCUT2D eigenvalue weighted by atomic mass is 32.1. The van der Waals surface area contributed by atoms with Gasteiger partial charge in [-0.1, -0.05) is 18.2 Å². The molecule has 0 aliphatic carbocycles. The standard InChI is InChI=1S/C20H20N4O2S/c1-12-5-4-6-15(8-12)22-19(26)24-20-23-17(11-27-20)18(25)21-16-9-13(2)7-14(3)10-16/h4-11H,1-3H3,(H,21,25)(H2,22,23,24,26). The Balaban J connectivity index is 1.62. The Labute approximate surface area is 161 Å². The van der Waals surface area contributed by atoms with E-state index in [2.05, 4.69) is 20.9 Å². The quantitative estimate of drug-likeness (QED) is 0.598. The first-order valence-electron chi connectivity index (χ1n) is 8.39. The molecule has 27 heavy (non-hydrogen) atoms. The minimum atomic E-state index is -0.406. The lowest BCUT2D eigenvalue weighted by molar-refractivity contribution is 0.102. The highest BCUT2D eigenvalue weighted by molar-refractivity contribution is 7.14. The summed E-state index contributed by atoms with van der Waals surface area (Å²) in [6.45, 7) is 5.89. The van der Waals surface area contributed by atoms with Gasteiger partial charge in [0.2, 0.25) is 0 Å². The fraction of sp³-hybridized carbons (Fsp3) is 0.150. The van der Waals surface area contributed by atoms with E-state index in [-0.39, 0.29) is 11.6 Å². The second-order valence-corrected chi connectivity index (χ2v) is 7.18. The Morgan fingerprint density at radius 2 is 1.56 bits per heavy atom. The predicted octanol–water partition coefficient (Wildman–Crippen LogP) is 4.96. The summed E-state index contributed by atoms with van der Waals surface area (Å²) >= 11 is 1.19. The molecule has 0 saturated heterocycles. The number of hydrogen-bond donors (Lipinski definition) is 3. The van der Waals surface area contributed by atoms with Crippen LogP contribution in [0.15, 0.2) is 47.8 Å². The van der Waals surface area contributed by atoms with E-state index in [4.69, 9.17) is 0 Å². The molecule has 2 aromatic carbocycles. The van der Waals surface area contributed by atoms with E-state index in [1.165, 1.54) is 11.3 Å². The van der Waals surface area contributed by atoms with Crippen molar-refractivity contribution in [3.63, 3.8) is 0 Å². The molecule has 0 unspecified atom stereocenters. The molecule has 6 nitrogen and oxygen atoms in total. The number of aromatic nitrogens is 1. The number of anilines is 3. The zero-order valence-corrected chi connectivity index (χ0v) is 16.1. The molecule has 0 bridgehead atoms. The van der Waals surface area contributed by atoms with E-state index >= 15 is 0 Å². The van der Waals surface area contributed by atoms with Crippen LogP contribution in [0.5, 0.6) is 0 Å². The minimum Gasteiger partial charge on any atom is -0.321 e. The maximum absolute atomic E-state index is 12.4. The van der Waals surface area contributed by atoms with Gasteiger partial charge in [-0.3, -0.25) is 10.1 Å². The van der Waals surface area contributed by atoms with Crippen molar-refractivity contribution >= 4 is 39.8 Å². The maximum atomic E-state index is 12.4. The smallest absolute Gasteiger partial charge is 0.321 e. The number of aryl methyl sites for hydroxylation is 3. The van der Waals surface area contributed by atoms with Gasteiger partial charge < -0.3 is 10.6 Å². The first-order valence-corrected chi connectivity index (χ1v) is 9.27. The number of rotatable bonds is 4.